The average Bonchev–Trinajstić information content (AvgIpc) is 3.03. The zero-order valence-corrected chi connectivity index (χ0v) is 15.6. The number of imide groups is 1. The lowest BCUT2D eigenvalue weighted by Crippen LogP contribution is -2.29. The Morgan fingerprint density at radius 2 is 1.43 bits per heavy atom. The van der Waals surface area contributed by atoms with Crippen LogP contribution in [0.25, 0.3) is 0 Å². The number of ether oxygens (including phenoxy) is 1. The molecule has 0 atom stereocenters. The van der Waals surface area contributed by atoms with Gasteiger partial charge in [-0.2, -0.15) is 0 Å². The number of hydrogen-bond acceptors (Lipinski definition) is 5. The summed E-state index contributed by atoms with van der Waals surface area (Å²) in [6.07, 6.45) is 0. The number of esters is 1. The molecule has 1 heterocycles. The van der Waals surface area contributed by atoms with Crippen molar-refractivity contribution in [3.63, 3.8) is 0 Å². The molecule has 0 aromatic heterocycles. The van der Waals surface area contributed by atoms with Crippen LogP contribution < -0.4 is 4.90 Å². The number of rotatable bonds is 5. The summed E-state index contributed by atoms with van der Waals surface area (Å²) in [7, 11) is 0. The molecule has 0 bridgehead atoms. The van der Waals surface area contributed by atoms with Crippen molar-refractivity contribution in [3.05, 3.63) is 101 Å². The fourth-order valence-electron chi connectivity index (χ4n) is 3.17. The standard InChI is InChI=1S/C23H15NO6/c25-20-18-6-1-2-7-19(18)21(26)24(20)17-5-3-4-16(12-17)23(29)30-13-14-8-10-15(11-9-14)22(27)28/h1-12H,13H2,(H,27,28). The number of aromatic carboxylic acids is 1. The topological polar surface area (TPSA) is 101 Å². The van der Waals surface area contributed by atoms with Gasteiger partial charge in [0.15, 0.2) is 0 Å². The van der Waals surface area contributed by atoms with Crippen LogP contribution in [0.5, 0.6) is 0 Å². The second-order valence-electron chi connectivity index (χ2n) is 6.62. The van der Waals surface area contributed by atoms with Crippen LogP contribution in [0.1, 0.15) is 47.0 Å². The molecular formula is C23H15NO6. The summed E-state index contributed by atoms with van der Waals surface area (Å²) in [6, 6.07) is 18.6. The van der Waals surface area contributed by atoms with E-state index in [0.29, 0.717) is 16.7 Å². The second kappa shape index (κ2) is 7.63. The van der Waals surface area contributed by atoms with Crippen molar-refractivity contribution in [1.29, 1.82) is 0 Å². The van der Waals surface area contributed by atoms with Gasteiger partial charge < -0.3 is 9.84 Å². The van der Waals surface area contributed by atoms with Crippen LogP contribution in [0.2, 0.25) is 0 Å². The molecule has 0 unspecified atom stereocenters. The molecule has 3 aromatic carbocycles. The number of benzene rings is 3. The van der Waals surface area contributed by atoms with Crippen LogP contribution in [0.4, 0.5) is 5.69 Å². The third-order valence-electron chi connectivity index (χ3n) is 4.70. The molecule has 3 aromatic rings. The van der Waals surface area contributed by atoms with Gasteiger partial charge in [0.2, 0.25) is 0 Å². The molecule has 30 heavy (non-hydrogen) atoms. The van der Waals surface area contributed by atoms with Crippen LogP contribution in [-0.4, -0.2) is 28.9 Å². The Labute approximate surface area is 171 Å². The van der Waals surface area contributed by atoms with Crippen molar-refractivity contribution in [2.45, 2.75) is 6.61 Å². The van der Waals surface area contributed by atoms with Crippen molar-refractivity contribution in [2.75, 3.05) is 4.90 Å². The highest BCUT2D eigenvalue weighted by molar-refractivity contribution is 6.34. The Morgan fingerprint density at radius 3 is 2.03 bits per heavy atom. The van der Waals surface area contributed by atoms with Gasteiger partial charge in [-0.05, 0) is 48.0 Å². The van der Waals surface area contributed by atoms with Gasteiger partial charge in [-0.15, -0.1) is 0 Å². The molecule has 0 spiro atoms. The number of nitrogens with zero attached hydrogens (tertiary/aromatic N) is 1. The van der Waals surface area contributed by atoms with Gasteiger partial charge in [0, 0.05) is 0 Å². The lowest BCUT2D eigenvalue weighted by Gasteiger charge is -2.15. The van der Waals surface area contributed by atoms with E-state index < -0.39 is 23.8 Å². The number of carbonyl (C=O) groups excluding carboxylic acids is 3. The molecule has 7 heteroatoms. The van der Waals surface area contributed by atoms with Gasteiger partial charge in [-0.3, -0.25) is 9.59 Å². The highest BCUT2D eigenvalue weighted by atomic mass is 16.5. The molecule has 4 rings (SSSR count). The van der Waals surface area contributed by atoms with Crippen LogP contribution in [0, 0.1) is 0 Å². The molecule has 2 amide bonds. The summed E-state index contributed by atoms with van der Waals surface area (Å²) in [5.74, 6) is -2.56. The minimum Gasteiger partial charge on any atom is -0.478 e. The molecule has 1 aliphatic heterocycles. The predicted octanol–water partition coefficient (Wildman–Crippen LogP) is 3.54. The van der Waals surface area contributed by atoms with Crippen LogP contribution >= 0.6 is 0 Å². The van der Waals surface area contributed by atoms with Gasteiger partial charge in [0.1, 0.15) is 6.61 Å². The first-order chi connectivity index (χ1) is 14.5. The van der Waals surface area contributed by atoms with E-state index in [-0.39, 0.29) is 23.4 Å². The number of fused-ring (bicyclic) bond motifs is 1. The van der Waals surface area contributed by atoms with Crippen molar-refractivity contribution >= 4 is 29.4 Å². The van der Waals surface area contributed by atoms with Crippen LogP contribution in [-0.2, 0) is 11.3 Å². The van der Waals surface area contributed by atoms with Crippen molar-refractivity contribution < 1.29 is 29.0 Å². The third kappa shape index (κ3) is 3.44. The molecule has 148 valence electrons. The molecule has 0 radical (unpaired) electrons. The molecule has 0 saturated carbocycles. The minimum absolute atomic E-state index is 0.0457. The Kier molecular flexibility index (Phi) is 4.85. The number of carboxylic acid groups (broad SMARTS) is 1. The Balaban J connectivity index is 1.50. The molecule has 0 fully saturated rings. The SMILES string of the molecule is O=C(O)c1ccc(COC(=O)c2cccc(N3C(=O)c4ccccc4C3=O)c2)cc1. The van der Waals surface area contributed by atoms with Crippen molar-refractivity contribution in [3.8, 4) is 0 Å². The van der Waals surface area contributed by atoms with E-state index in [4.69, 9.17) is 9.84 Å². The zero-order valence-electron chi connectivity index (χ0n) is 15.6. The fraction of sp³-hybridized carbons (Fsp3) is 0.0435. The summed E-state index contributed by atoms with van der Waals surface area (Å²) < 4.78 is 5.27. The number of hydrogen-bond donors (Lipinski definition) is 1. The summed E-state index contributed by atoms with van der Waals surface area (Å²) in [6.45, 7) is -0.0457. The molecule has 1 aliphatic rings. The summed E-state index contributed by atoms with van der Waals surface area (Å²) in [4.78, 5) is 49.6. The lowest BCUT2D eigenvalue weighted by atomic mass is 10.1. The molecule has 0 aliphatic carbocycles. The van der Waals surface area contributed by atoms with Gasteiger partial charge >= 0.3 is 11.9 Å². The van der Waals surface area contributed by atoms with E-state index >= 15 is 0 Å². The maximum Gasteiger partial charge on any atom is 0.338 e. The Hall–Kier alpha value is -4.26. The first-order valence-electron chi connectivity index (χ1n) is 9.03. The smallest absolute Gasteiger partial charge is 0.338 e. The molecule has 1 N–H and O–H groups in total. The third-order valence-corrected chi connectivity index (χ3v) is 4.70. The normalized spacial score (nSPS) is 12.6. The van der Waals surface area contributed by atoms with Gasteiger partial charge in [-0.25, -0.2) is 14.5 Å². The Bertz CT molecular complexity index is 1150. The molecule has 7 nitrogen and oxygen atoms in total. The van der Waals surface area contributed by atoms with Gasteiger partial charge in [-0.1, -0.05) is 30.3 Å². The zero-order chi connectivity index (χ0) is 21.3. The van der Waals surface area contributed by atoms with E-state index in [2.05, 4.69) is 0 Å². The second-order valence-corrected chi connectivity index (χ2v) is 6.62. The van der Waals surface area contributed by atoms with Crippen LogP contribution in [0.15, 0.2) is 72.8 Å². The van der Waals surface area contributed by atoms with Crippen LogP contribution in [0.3, 0.4) is 0 Å². The van der Waals surface area contributed by atoms with Crippen molar-refractivity contribution in [1.82, 2.24) is 0 Å². The summed E-state index contributed by atoms with van der Waals surface area (Å²) in [5, 5.41) is 8.92. The average molecular weight is 401 g/mol. The largest absolute Gasteiger partial charge is 0.478 e. The van der Waals surface area contributed by atoms with E-state index in [9.17, 15) is 19.2 Å². The summed E-state index contributed by atoms with van der Waals surface area (Å²) >= 11 is 0. The maximum atomic E-state index is 12.6. The van der Waals surface area contributed by atoms with Gasteiger partial charge in [0.25, 0.3) is 11.8 Å². The number of carbonyl (C=O) groups is 4. The fourth-order valence-corrected chi connectivity index (χ4v) is 3.17. The number of amides is 2. The predicted molar refractivity (Wildman–Crippen MR) is 107 cm³/mol. The number of carboxylic acids is 1. The monoisotopic (exact) mass is 401 g/mol. The summed E-state index contributed by atoms with van der Waals surface area (Å²) in [5.41, 5.74) is 1.87. The van der Waals surface area contributed by atoms with E-state index in [1.54, 1.807) is 48.5 Å². The van der Waals surface area contributed by atoms with E-state index in [1.807, 2.05) is 0 Å². The molecular weight excluding hydrogens is 386 g/mol. The van der Waals surface area contributed by atoms with Gasteiger partial charge in [0.05, 0.1) is 27.9 Å². The Morgan fingerprint density at radius 1 is 0.800 bits per heavy atom. The van der Waals surface area contributed by atoms with E-state index in [1.165, 1.54) is 24.3 Å². The minimum atomic E-state index is -1.04. The number of anilines is 1. The highest BCUT2D eigenvalue weighted by Gasteiger charge is 2.36. The first-order valence-corrected chi connectivity index (χ1v) is 9.03. The van der Waals surface area contributed by atoms with Crippen molar-refractivity contribution in [2.24, 2.45) is 0 Å². The van der Waals surface area contributed by atoms with E-state index in [0.717, 1.165) is 4.90 Å². The maximum absolute atomic E-state index is 12.6. The first kappa shape index (κ1) is 19.1. The molecule has 0 saturated heterocycles. The quantitative estimate of drug-likeness (QED) is 0.518. The highest BCUT2D eigenvalue weighted by Crippen LogP contribution is 2.28. The lowest BCUT2D eigenvalue weighted by molar-refractivity contribution is 0.0471.